The second-order valence-electron chi connectivity index (χ2n) is 3.21. The van der Waals surface area contributed by atoms with Crippen LogP contribution in [0.4, 0.5) is 0 Å². The molecule has 0 aliphatic carbocycles. The lowest BCUT2D eigenvalue weighted by atomic mass is 10.1. The highest BCUT2D eigenvalue weighted by Crippen LogP contribution is 2.23. The van der Waals surface area contributed by atoms with Crippen molar-refractivity contribution >= 4 is 6.29 Å². The Balaban J connectivity index is 2.48. The molecule has 0 aliphatic heterocycles. The van der Waals surface area contributed by atoms with Gasteiger partial charge in [0.1, 0.15) is 0 Å². The summed E-state index contributed by atoms with van der Waals surface area (Å²) in [6.07, 6.45) is 4.87. The van der Waals surface area contributed by atoms with Crippen molar-refractivity contribution in [2.75, 3.05) is 0 Å². The summed E-state index contributed by atoms with van der Waals surface area (Å²) < 4.78 is 5.05. The Bertz CT molecular complexity index is 474. The van der Waals surface area contributed by atoms with Crippen LogP contribution in [0.2, 0.25) is 0 Å². The molecule has 0 N–H and O–H groups in total. The smallest absolute Gasteiger partial charge is 0.185 e. The van der Waals surface area contributed by atoms with Gasteiger partial charge in [-0.05, 0) is 30.2 Å². The molecular formula is C12H11NO2. The maximum absolute atomic E-state index is 10.7. The van der Waals surface area contributed by atoms with Crippen molar-refractivity contribution in [3.63, 3.8) is 0 Å². The number of carbonyl (C=O) groups excluding carboxylic acids is 1. The zero-order valence-electron chi connectivity index (χ0n) is 8.43. The topological polar surface area (TPSA) is 43.1 Å². The number of carbonyl (C=O) groups is 1. The van der Waals surface area contributed by atoms with E-state index in [9.17, 15) is 4.79 Å². The van der Waals surface area contributed by atoms with Crippen molar-refractivity contribution < 1.29 is 9.21 Å². The standard InChI is InChI=1S/C12H11NO2/c1-2-10-7-9(3-5-13-10)11-4-6-15-12(11)8-14/h3-8H,2H2,1H3. The van der Waals surface area contributed by atoms with E-state index in [4.69, 9.17) is 4.42 Å². The molecule has 3 heteroatoms. The number of hydrogen-bond donors (Lipinski definition) is 0. The lowest BCUT2D eigenvalue weighted by Gasteiger charge is -2.00. The van der Waals surface area contributed by atoms with E-state index >= 15 is 0 Å². The predicted octanol–water partition coefficient (Wildman–Crippen LogP) is 2.72. The summed E-state index contributed by atoms with van der Waals surface area (Å²) in [5, 5.41) is 0. The van der Waals surface area contributed by atoms with Gasteiger partial charge in [0, 0.05) is 17.5 Å². The minimum absolute atomic E-state index is 0.364. The Labute approximate surface area is 87.8 Å². The Morgan fingerprint density at radius 1 is 1.47 bits per heavy atom. The van der Waals surface area contributed by atoms with E-state index in [1.165, 1.54) is 6.26 Å². The first-order valence-electron chi connectivity index (χ1n) is 4.83. The number of aldehydes is 1. The van der Waals surface area contributed by atoms with Crippen molar-refractivity contribution in [2.45, 2.75) is 13.3 Å². The molecule has 0 spiro atoms. The van der Waals surface area contributed by atoms with Gasteiger partial charge < -0.3 is 4.42 Å². The summed E-state index contributed by atoms with van der Waals surface area (Å²) in [4.78, 5) is 14.9. The number of pyridine rings is 1. The summed E-state index contributed by atoms with van der Waals surface area (Å²) in [6.45, 7) is 2.04. The van der Waals surface area contributed by atoms with E-state index in [0.717, 1.165) is 29.5 Å². The molecule has 0 saturated heterocycles. The van der Waals surface area contributed by atoms with E-state index < -0.39 is 0 Å². The van der Waals surface area contributed by atoms with Crippen LogP contribution in [0.5, 0.6) is 0 Å². The van der Waals surface area contributed by atoms with E-state index in [-0.39, 0.29) is 0 Å². The van der Waals surface area contributed by atoms with E-state index in [2.05, 4.69) is 4.98 Å². The van der Waals surface area contributed by atoms with Crippen LogP contribution in [0.15, 0.2) is 35.1 Å². The first-order chi connectivity index (χ1) is 7.35. The van der Waals surface area contributed by atoms with E-state index in [0.29, 0.717) is 5.76 Å². The van der Waals surface area contributed by atoms with Gasteiger partial charge in [-0.1, -0.05) is 6.92 Å². The first-order valence-corrected chi connectivity index (χ1v) is 4.83. The first kappa shape index (κ1) is 9.65. The van der Waals surface area contributed by atoms with Crippen molar-refractivity contribution in [1.29, 1.82) is 0 Å². The molecule has 3 nitrogen and oxygen atoms in total. The summed E-state index contributed by atoms with van der Waals surface area (Å²) in [5.41, 5.74) is 2.80. The molecule has 15 heavy (non-hydrogen) atoms. The summed E-state index contributed by atoms with van der Waals surface area (Å²) >= 11 is 0. The van der Waals surface area contributed by atoms with Crippen molar-refractivity contribution in [2.24, 2.45) is 0 Å². The molecule has 76 valence electrons. The van der Waals surface area contributed by atoms with Crippen LogP contribution in [0.1, 0.15) is 23.2 Å². The zero-order chi connectivity index (χ0) is 10.7. The van der Waals surface area contributed by atoms with E-state index in [1.807, 2.05) is 19.1 Å². The molecule has 0 amide bonds. The van der Waals surface area contributed by atoms with Gasteiger partial charge in [0.25, 0.3) is 0 Å². The Morgan fingerprint density at radius 2 is 2.33 bits per heavy atom. The third kappa shape index (κ3) is 1.81. The van der Waals surface area contributed by atoms with Gasteiger partial charge in [-0.2, -0.15) is 0 Å². The van der Waals surface area contributed by atoms with Crippen LogP contribution in [-0.4, -0.2) is 11.3 Å². The minimum atomic E-state index is 0.364. The third-order valence-corrected chi connectivity index (χ3v) is 2.29. The fourth-order valence-corrected chi connectivity index (χ4v) is 1.49. The number of aromatic nitrogens is 1. The summed E-state index contributed by atoms with van der Waals surface area (Å²) in [6, 6.07) is 5.63. The number of hydrogen-bond acceptors (Lipinski definition) is 3. The van der Waals surface area contributed by atoms with Gasteiger partial charge in [-0.3, -0.25) is 9.78 Å². The lowest BCUT2D eigenvalue weighted by Crippen LogP contribution is -1.88. The van der Waals surface area contributed by atoms with Gasteiger partial charge in [-0.15, -0.1) is 0 Å². The molecule has 0 saturated carbocycles. The molecular weight excluding hydrogens is 190 g/mol. The molecule has 2 heterocycles. The zero-order valence-corrected chi connectivity index (χ0v) is 8.43. The Kier molecular flexibility index (Phi) is 2.63. The number of nitrogens with zero attached hydrogens (tertiary/aromatic N) is 1. The normalized spacial score (nSPS) is 10.2. The Hall–Kier alpha value is -1.90. The third-order valence-electron chi connectivity index (χ3n) is 2.29. The van der Waals surface area contributed by atoms with Gasteiger partial charge in [0.15, 0.2) is 12.0 Å². The minimum Gasteiger partial charge on any atom is -0.461 e. The molecule has 0 fully saturated rings. The average molecular weight is 201 g/mol. The van der Waals surface area contributed by atoms with Gasteiger partial charge in [0.2, 0.25) is 0 Å². The monoisotopic (exact) mass is 201 g/mol. The molecule has 0 bridgehead atoms. The maximum atomic E-state index is 10.7. The molecule has 2 rings (SSSR count). The van der Waals surface area contributed by atoms with Gasteiger partial charge in [-0.25, -0.2) is 0 Å². The van der Waals surface area contributed by atoms with Crippen LogP contribution in [-0.2, 0) is 6.42 Å². The second kappa shape index (κ2) is 4.09. The number of rotatable bonds is 3. The average Bonchev–Trinajstić information content (AvgIpc) is 2.77. The van der Waals surface area contributed by atoms with Crippen LogP contribution in [0, 0.1) is 0 Å². The van der Waals surface area contributed by atoms with E-state index in [1.54, 1.807) is 12.3 Å². The van der Waals surface area contributed by atoms with Gasteiger partial charge >= 0.3 is 0 Å². The van der Waals surface area contributed by atoms with Crippen molar-refractivity contribution in [1.82, 2.24) is 4.98 Å². The molecule has 0 radical (unpaired) electrons. The lowest BCUT2D eigenvalue weighted by molar-refractivity contribution is 0.110. The fraction of sp³-hybridized carbons (Fsp3) is 0.167. The SMILES string of the molecule is CCc1cc(-c2ccoc2C=O)ccn1. The molecule has 2 aromatic heterocycles. The largest absolute Gasteiger partial charge is 0.461 e. The number of aryl methyl sites for hydroxylation is 1. The molecule has 2 aromatic rings. The van der Waals surface area contributed by atoms with Crippen LogP contribution in [0.25, 0.3) is 11.1 Å². The van der Waals surface area contributed by atoms with Crippen LogP contribution >= 0.6 is 0 Å². The maximum Gasteiger partial charge on any atom is 0.185 e. The van der Waals surface area contributed by atoms with Crippen molar-refractivity contribution in [3.05, 3.63) is 42.1 Å². The highest BCUT2D eigenvalue weighted by atomic mass is 16.3. The predicted molar refractivity (Wildman–Crippen MR) is 56.7 cm³/mol. The second-order valence-corrected chi connectivity index (χ2v) is 3.21. The quantitative estimate of drug-likeness (QED) is 0.717. The highest BCUT2D eigenvalue weighted by Gasteiger charge is 2.07. The molecule has 0 aromatic carbocycles. The molecule has 0 aliphatic rings. The van der Waals surface area contributed by atoms with Crippen LogP contribution in [0.3, 0.4) is 0 Å². The fourth-order valence-electron chi connectivity index (χ4n) is 1.49. The number of furan rings is 1. The molecule has 0 atom stereocenters. The summed E-state index contributed by atoms with van der Waals surface area (Å²) in [5.74, 6) is 0.364. The Morgan fingerprint density at radius 3 is 3.07 bits per heavy atom. The molecule has 0 unspecified atom stereocenters. The van der Waals surface area contributed by atoms with Crippen LogP contribution < -0.4 is 0 Å². The van der Waals surface area contributed by atoms with Crippen molar-refractivity contribution in [3.8, 4) is 11.1 Å². The van der Waals surface area contributed by atoms with Gasteiger partial charge in [0.05, 0.1) is 6.26 Å². The summed E-state index contributed by atoms with van der Waals surface area (Å²) in [7, 11) is 0. The highest BCUT2D eigenvalue weighted by molar-refractivity contribution is 5.84.